The van der Waals surface area contributed by atoms with Gasteiger partial charge in [0.05, 0.1) is 16.6 Å². The fourth-order valence-corrected chi connectivity index (χ4v) is 6.10. The van der Waals surface area contributed by atoms with Gasteiger partial charge in [-0.2, -0.15) is 17.6 Å². The number of ketones is 1. The Bertz CT molecular complexity index is 1580. The van der Waals surface area contributed by atoms with Crippen LogP contribution in [0.2, 0.25) is 5.02 Å². The number of unbranched alkanes of at least 4 members (excludes halogenated alkanes) is 2. The SMILES string of the molecule is CC(=O)CCCCCNC(=O)[C@H]1CCC[C@H]1NC(=O)N[C@@](Cc1ccccc1)(c1cc(F)cc(OC(F)(F)C(F)F)c1)c1ccc(Cl)cn1. The second-order valence-corrected chi connectivity index (χ2v) is 12.6. The van der Waals surface area contributed by atoms with Crippen LogP contribution in [0.1, 0.15) is 68.7 Å². The summed E-state index contributed by atoms with van der Waals surface area (Å²) in [5.74, 6) is -2.65. The molecule has 0 aliphatic heterocycles. The lowest BCUT2D eigenvalue weighted by molar-refractivity contribution is -0.253. The first-order valence-electron chi connectivity index (χ1n) is 16.0. The van der Waals surface area contributed by atoms with Crippen LogP contribution >= 0.6 is 11.6 Å². The maximum absolute atomic E-state index is 15.1. The number of Topliss-reactive ketones (excluding diaryl/α,β-unsaturated/α-hetero) is 1. The molecule has 49 heavy (non-hydrogen) atoms. The molecule has 3 amide bonds. The molecule has 14 heteroatoms. The first kappa shape index (κ1) is 37.6. The van der Waals surface area contributed by atoms with E-state index < -0.39 is 47.6 Å². The van der Waals surface area contributed by atoms with E-state index in [1.165, 1.54) is 25.3 Å². The first-order valence-corrected chi connectivity index (χ1v) is 16.3. The van der Waals surface area contributed by atoms with Gasteiger partial charge in [-0.05, 0) is 68.0 Å². The van der Waals surface area contributed by atoms with Crippen LogP contribution in [0.25, 0.3) is 0 Å². The van der Waals surface area contributed by atoms with Crippen molar-refractivity contribution in [3.8, 4) is 5.75 Å². The van der Waals surface area contributed by atoms with Gasteiger partial charge in [0.1, 0.15) is 22.9 Å². The van der Waals surface area contributed by atoms with E-state index in [0.717, 1.165) is 25.0 Å². The number of aromatic nitrogens is 1. The summed E-state index contributed by atoms with van der Waals surface area (Å²) >= 11 is 6.11. The highest BCUT2D eigenvalue weighted by molar-refractivity contribution is 6.30. The van der Waals surface area contributed by atoms with E-state index in [-0.39, 0.29) is 34.4 Å². The summed E-state index contributed by atoms with van der Waals surface area (Å²) in [6, 6.07) is 12.7. The summed E-state index contributed by atoms with van der Waals surface area (Å²) < 4.78 is 73.3. The predicted molar refractivity (Wildman–Crippen MR) is 173 cm³/mol. The van der Waals surface area contributed by atoms with Crippen LogP contribution in [0.3, 0.4) is 0 Å². The molecule has 0 bridgehead atoms. The Kier molecular flexibility index (Phi) is 13.0. The van der Waals surface area contributed by atoms with Crippen molar-refractivity contribution in [3.63, 3.8) is 0 Å². The van der Waals surface area contributed by atoms with Gasteiger partial charge in [0.15, 0.2) is 0 Å². The van der Waals surface area contributed by atoms with Gasteiger partial charge in [-0.1, -0.05) is 54.8 Å². The zero-order chi connectivity index (χ0) is 35.6. The number of amides is 3. The van der Waals surface area contributed by atoms with Crippen LogP contribution in [-0.4, -0.2) is 47.8 Å². The van der Waals surface area contributed by atoms with Crippen molar-refractivity contribution in [2.45, 2.75) is 82.4 Å². The van der Waals surface area contributed by atoms with Gasteiger partial charge in [0.2, 0.25) is 5.91 Å². The number of alkyl halides is 4. The highest BCUT2D eigenvalue weighted by atomic mass is 35.5. The molecule has 2 aromatic carbocycles. The number of rotatable bonds is 16. The molecule has 1 aliphatic carbocycles. The third-order valence-corrected chi connectivity index (χ3v) is 8.57. The van der Waals surface area contributed by atoms with Crippen LogP contribution < -0.4 is 20.7 Å². The van der Waals surface area contributed by atoms with Gasteiger partial charge in [-0.15, -0.1) is 0 Å². The predicted octanol–water partition coefficient (Wildman–Crippen LogP) is 7.33. The van der Waals surface area contributed by atoms with Crippen LogP contribution in [0, 0.1) is 11.7 Å². The number of benzene rings is 2. The molecule has 0 radical (unpaired) electrons. The van der Waals surface area contributed by atoms with Crippen molar-refractivity contribution in [1.82, 2.24) is 20.9 Å². The number of urea groups is 1. The third kappa shape index (κ3) is 10.4. The summed E-state index contributed by atoms with van der Waals surface area (Å²) in [4.78, 5) is 42.5. The standard InChI is InChI=1S/C35H38ClF5N4O4/c1-22(46)9-4-3-7-16-42-31(47)28-12-8-13-29(28)44-33(48)45-34(20-23-10-5-2-6-11-23,30-15-14-25(36)21-43-30)24-17-26(37)19-27(18-24)49-35(40,41)32(38)39/h2,5-6,10-11,14-15,17-19,21,28-29,32H,3-4,7-9,12-13,16,20H2,1H3,(H,42,47)(H2,44,45,48)/t28-,29+,34-/m0/s1. The van der Waals surface area contributed by atoms with Gasteiger partial charge in [0.25, 0.3) is 0 Å². The van der Waals surface area contributed by atoms with Crippen LogP contribution in [0.15, 0.2) is 66.9 Å². The van der Waals surface area contributed by atoms with E-state index in [2.05, 4.69) is 25.7 Å². The number of pyridine rings is 1. The van der Waals surface area contributed by atoms with E-state index in [0.29, 0.717) is 50.3 Å². The molecule has 1 heterocycles. The van der Waals surface area contributed by atoms with Gasteiger partial charge >= 0.3 is 18.6 Å². The lowest BCUT2D eigenvalue weighted by atomic mass is 9.80. The molecule has 8 nitrogen and oxygen atoms in total. The summed E-state index contributed by atoms with van der Waals surface area (Å²) in [5.41, 5.74) is -1.18. The van der Waals surface area contributed by atoms with Crippen molar-refractivity contribution in [2.75, 3.05) is 6.54 Å². The summed E-state index contributed by atoms with van der Waals surface area (Å²) in [6.45, 7) is 1.95. The van der Waals surface area contributed by atoms with Gasteiger partial charge < -0.3 is 25.5 Å². The highest BCUT2D eigenvalue weighted by Gasteiger charge is 2.45. The Morgan fingerprint density at radius 3 is 2.45 bits per heavy atom. The fourth-order valence-electron chi connectivity index (χ4n) is 5.98. The maximum atomic E-state index is 15.1. The largest absolute Gasteiger partial charge is 0.461 e. The lowest BCUT2D eigenvalue weighted by Gasteiger charge is -2.36. The number of ether oxygens (including phenoxy) is 1. The number of carbonyl (C=O) groups excluding carboxylic acids is 3. The molecule has 1 aliphatic rings. The fraction of sp³-hybridized carbons (Fsp3) is 0.429. The van der Waals surface area contributed by atoms with Gasteiger partial charge in [0, 0.05) is 37.7 Å². The lowest BCUT2D eigenvalue weighted by Crippen LogP contribution is -2.55. The summed E-state index contributed by atoms with van der Waals surface area (Å²) in [7, 11) is 0. The first-order chi connectivity index (χ1) is 23.3. The number of carbonyl (C=O) groups is 3. The Morgan fingerprint density at radius 1 is 1.02 bits per heavy atom. The minimum atomic E-state index is -4.93. The minimum absolute atomic E-state index is 0.0950. The van der Waals surface area contributed by atoms with Crippen molar-refractivity contribution in [3.05, 3.63) is 94.5 Å². The smallest absolute Gasteiger partial charge is 0.428 e. The van der Waals surface area contributed by atoms with Crippen molar-refractivity contribution < 1.29 is 41.1 Å². The molecule has 1 aromatic heterocycles. The summed E-state index contributed by atoms with van der Waals surface area (Å²) in [5, 5.41) is 8.86. The van der Waals surface area contributed by atoms with E-state index in [1.54, 1.807) is 30.3 Å². The number of nitrogens with zero attached hydrogens (tertiary/aromatic N) is 1. The maximum Gasteiger partial charge on any atom is 0.461 e. The number of hydrogen-bond acceptors (Lipinski definition) is 5. The zero-order valence-corrected chi connectivity index (χ0v) is 27.6. The number of halogens is 6. The molecule has 0 spiro atoms. The van der Waals surface area contributed by atoms with Gasteiger partial charge in [-0.25, -0.2) is 9.18 Å². The minimum Gasteiger partial charge on any atom is -0.428 e. The van der Waals surface area contributed by atoms with E-state index in [4.69, 9.17) is 11.6 Å². The summed E-state index contributed by atoms with van der Waals surface area (Å²) in [6.07, 6.45) is -3.54. The van der Waals surface area contributed by atoms with Gasteiger partial charge in [-0.3, -0.25) is 9.78 Å². The van der Waals surface area contributed by atoms with Crippen molar-refractivity contribution in [2.24, 2.45) is 5.92 Å². The zero-order valence-electron chi connectivity index (χ0n) is 26.8. The second-order valence-electron chi connectivity index (χ2n) is 12.1. The van der Waals surface area contributed by atoms with Crippen LogP contribution in [0.4, 0.5) is 26.7 Å². The molecule has 4 rings (SSSR count). The normalized spacial score (nSPS) is 17.3. The van der Waals surface area contributed by atoms with E-state index >= 15 is 4.39 Å². The van der Waals surface area contributed by atoms with Crippen LogP contribution in [0.5, 0.6) is 5.75 Å². The molecule has 0 saturated heterocycles. The second kappa shape index (κ2) is 16.9. The highest BCUT2D eigenvalue weighted by Crippen LogP contribution is 2.37. The Hall–Kier alpha value is -4.26. The third-order valence-electron chi connectivity index (χ3n) is 8.35. The Morgan fingerprint density at radius 2 is 1.78 bits per heavy atom. The molecular weight excluding hydrogens is 671 g/mol. The molecule has 1 saturated carbocycles. The molecule has 3 aromatic rings. The molecular formula is C35H38ClF5N4O4. The topological polar surface area (TPSA) is 109 Å². The van der Waals surface area contributed by atoms with Crippen molar-refractivity contribution in [1.29, 1.82) is 0 Å². The van der Waals surface area contributed by atoms with E-state index in [1.807, 2.05) is 0 Å². The molecule has 3 N–H and O–H groups in total. The molecule has 3 atom stereocenters. The Labute approximate surface area is 286 Å². The number of hydrogen-bond donors (Lipinski definition) is 3. The van der Waals surface area contributed by atoms with E-state index in [9.17, 15) is 31.9 Å². The quantitative estimate of drug-likeness (QED) is 0.107. The molecule has 0 unspecified atom stereocenters. The molecule has 1 fully saturated rings. The van der Waals surface area contributed by atoms with Crippen LogP contribution in [-0.2, 0) is 21.5 Å². The molecule has 264 valence electrons. The average Bonchev–Trinajstić information content (AvgIpc) is 3.50. The Balaban J connectivity index is 1.65. The van der Waals surface area contributed by atoms with Crippen molar-refractivity contribution >= 4 is 29.3 Å². The number of nitrogens with one attached hydrogen (secondary N) is 3. The average molecular weight is 709 g/mol. The monoisotopic (exact) mass is 708 g/mol.